The van der Waals surface area contributed by atoms with Gasteiger partial charge < -0.3 is 5.73 Å². The van der Waals surface area contributed by atoms with Gasteiger partial charge in [-0.05, 0) is 55.3 Å². The van der Waals surface area contributed by atoms with Crippen molar-refractivity contribution in [2.45, 2.75) is 29.8 Å². The van der Waals surface area contributed by atoms with Gasteiger partial charge in [0, 0.05) is 15.4 Å². The zero-order valence-corrected chi connectivity index (χ0v) is 12.9. The second-order valence-electron chi connectivity index (χ2n) is 4.97. The summed E-state index contributed by atoms with van der Waals surface area (Å²) in [6.07, 6.45) is -4.35. The van der Waals surface area contributed by atoms with Gasteiger partial charge in [-0.2, -0.15) is 13.2 Å². The van der Waals surface area contributed by atoms with Crippen molar-refractivity contribution in [1.82, 2.24) is 0 Å². The fraction of sp³-hybridized carbons (Fsp3) is 0.188. The maximum Gasteiger partial charge on any atom is 0.416 e. The Morgan fingerprint density at radius 3 is 2.36 bits per heavy atom. The fourth-order valence-corrected chi connectivity index (χ4v) is 3.09. The van der Waals surface area contributed by atoms with Gasteiger partial charge >= 0.3 is 6.18 Å². The molecule has 0 saturated heterocycles. The molecule has 0 radical (unpaired) electrons. The number of benzene rings is 2. The number of hydrogen-bond donors (Lipinski definition) is 2. The predicted octanol–water partition coefficient (Wildman–Crippen LogP) is 4.76. The number of halogens is 3. The lowest BCUT2D eigenvalue weighted by molar-refractivity contribution is -0.137. The van der Waals surface area contributed by atoms with Crippen LogP contribution in [0.1, 0.15) is 22.3 Å². The molecule has 0 aliphatic rings. The van der Waals surface area contributed by atoms with Gasteiger partial charge in [-0.3, -0.25) is 5.41 Å². The summed E-state index contributed by atoms with van der Waals surface area (Å²) in [5.41, 5.74) is 7.19. The van der Waals surface area contributed by atoms with Gasteiger partial charge in [0.1, 0.15) is 5.84 Å². The molecule has 2 nitrogen and oxygen atoms in total. The van der Waals surface area contributed by atoms with Gasteiger partial charge in [-0.25, -0.2) is 0 Å². The van der Waals surface area contributed by atoms with E-state index >= 15 is 0 Å². The standard InChI is InChI=1S/C16H15F3N2S/c1-9-7-14(10(2)6-13(9)15(20)21)22-12-5-3-4-11(8-12)16(17,18)19/h3-8H,1-2H3,(H3,20,21). The molecule has 0 bridgehead atoms. The average molecular weight is 324 g/mol. The molecule has 0 unspecified atom stereocenters. The van der Waals surface area contributed by atoms with E-state index in [0.29, 0.717) is 10.5 Å². The highest BCUT2D eigenvalue weighted by atomic mass is 32.2. The van der Waals surface area contributed by atoms with Gasteiger partial charge in [0.2, 0.25) is 0 Å². The number of alkyl halides is 3. The predicted molar refractivity (Wildman–Crippen MR) is 82.5 cm³/mol. The molecule has 0 aliphatic heterocycles. The molecule has 0 atom stereocenters. The van der Waals surface area contributed by atoms with Crippen molar-refractivity contribution in [3.63, 3.8) is 0 Å². The molecule has 2 aromatic carbocycles. The van der Waals surface area contributed by atoms with Crippen LogP contribution in [0.15, 0.2) is 46.2 Å². The summed E-state index contributed by atoms with van der Waals surface area (Å²) >= 11 is 1.27. The van der Waals surface area contributed by atoms with E-state index in [2.05, 4.69) is 0 Å². The highest BCUT2D eigenvalue weighted by Crippen LogP contribution is 2.36. The molecule has 2 aromatic rings. The number of aryl methyl sites for hydroxylation is 2. The van der Waals surface area contributed by atoms with Crippen LogP contribution in [-0.2, 0) is 6.18 Å². The van der Waals surface area contributed by atoms with E-state index in [1.807, 2.05) is 19.9 Å². The molecular formula is C16H15F3N2S. The zero-order valence-electron chi connectivity index (χ0n) is 12.1. The minimum atomic E-state index is -4.35. The zero-order chi connectivity index (χ0) is 16.5. The van der Waals surface area contributed by atoms with Crippen molar-refractivity contribution in [1.29, 1.82) is 5.41 Å². The molecular weight excluding hydrogens is 309 g/mol. The smallest absolute Gasteiger partial charge is 0.384 e. The van der Waals surface area contributed by atoms with E-state index in [9.17, 15) is 13.2 Å². The fourth-order valence-electron chi connectivity index (χ4n) is 2.05. The van der Waals surface area contributed by atoms with Crippen molar-refractivity contribution in [3.8, 4) is 0 Å². The average Bonchev–Trinajstić information content (AvgIpc) is 2.41. The van der Waals surface area contributed by atoms with E-state index in [1.54, 1.807) is 12.1 Å². The maximum atomic E-state index is 12.7. The van der Waals surface area contributed by atoms with E-state index in [0.717, 1.165) is 28.2 Å². The summed E-state index contributed by atoms with van der Waals surface area (Å²) in [7, 11) is 0. The van der Waals surface area contributed by atoms with Crippen molar-refractivity contribution < 1.29 is 13.2 Å². The summed E-state index contributed by atoms with van der Waals surface area (Å²) < 4.78 is 38.2. The van der Waals surface area contributed by atoms with E-state index in [-0.39, 0.29) is 5.84 Å². The van der Waals surface area contributed by atoms with Gasteiger partial charge in [0.25, 0.3) is 0 Å². The molecule has 0 aliphatic carbocycles. The lowest BCUT2D eigenvalue weighted by Gasteiger charge is -2.12. The second kappa shape index (κ2) is 6.04. The lowest BCUT2D eigenvalue weighted by Crippen LogP contribution is -2.13. The molecule has 22 heavy (non-hydrogen) atoms. The van der Waals surface area contributed by atoms with Crippen LogP contribution in [0, 0.1) is 19.3 Å². The summed E-state index contributed by atoms with van der Waals surface area (Å²) in [6, 6.07) is 8.87. The first-order valence-electron chi connectivity index (χ1n) is 6.49. The molecule has 2 rings (SSSR count). The third-order valence-electron chi connectivity index (χ3n) is 3.20. The Hall–Kier alpha value is -1.95. The Labute approximate surface area is 131 Å². The van der Waals surface area contributed by atoms with Crippen LogP contribution in [0.25, 0.3) is 0 Å². The van der Waals surface area contributed by atoms with Gasteiger partial charge in [0.05, 0.1) is 5.56 Å². The van der Waals surface area contributed by atoms with Crippen LogP contribution in [0.2, 0.25) is 0 Å². The summed E-state index contributed by atoms with van der Waals surface area (Å²) in [5.74, 6) is -0.0174. The minimum Gasteiger partial charge on any atom is -0.384 e. The van der Waals surface area contributed by atoms with Crippen molar-refractivity contribution in [2.75, 3.05) is 0 Å². The highest BCUT2D eigenvalue weighted by molar-refractivity contribution is 7.99. The summed E-state index contributed by atoms with van der Waals surface area (Å²) in [6.45, 7) is 3.67. The number of hydrogen-bond acceptors (Lipinski definition) is 2. The number of nitrogens with one attached hydrogen (secondary N) is 1. The molecule has 0 spiro atoms. The van der Waals surface area contributed by atoms with Crippen LogP contribution >= 0.6 is 11.8 Å². The van der Waals surface area contributed by atoms with Crippen LogP contribution in [-0.4, -0.2) is 5.84 Å². The molecule has 0 amide bonds. The van der Waals surface area contributed by atoms with E-state index in [1.165, 1.54) is 17.8 Å². The van der Waals surface area contributed by atoms with E-state index in [4.69, 9.17) is 11.1 Å². The largest absolute Gasteiger partial charge is 0.416 e. The normalized spacial score (nSPS) is 11.5. The number of rotatable bonds is 3. The Kier molecular flexibility index (Phi) is 4.51. The first kappa shape index (κ1) is 16.4. The molecule has 116 valence electrons. The Bertz CT molecular complexity index is 724. The second-order valence-corrected chi connectivity index (χ2v) is 6.09. The number of amidine groups is 1. The first-order chi connectivity index (χ1) is 10.2. The monoisotopic (exact) mass is 324 g/mol. The topological polar surface area (TPSA) is 49.9 Å². The van der Waals surface area contributed by atoms with Crippen LogP contribution in [0.4, 0.5) is 13.2 Å². The van der Waals surface area contributed by atoms with Crippen molar-refractivity contribution in [3.05, 3.63) is 58.7 Å². The molecule has 3 N–H and O–H groups in total. The lowest BCUT2D eigenvalue weighted by atomic mass is 10.1. The third-order valence-corrected chi connectivity index (χ3v) is 4.35. The quantitative estimate of drug-likeness (QED) is 0.632. The van der Waals surface area contributed by atoms with Gasteiger partial charge in [0.15, 0.2) is 0 Å². The van der Waals surface area contributed by atoms with Crippen LogP contribution < -0.4 is 5.73 Å². The Morgan fingerprint density at radius 2 is 1.77 bits per heavy atom. The molecule has 0 saturated carbocycles. The SMILES string of the molecule is Cc1cc(C(=N)N)c(C)cc1Sc1cccc(C(F)(F)F)c1. The molecule has 6 heteroatoms. The van der Waals surface area contributed by atoms with Gasteiger partial charge in [-0.15, -0.1) is 0 Å². The number of nitrogen functional groups attached to an aromatic ring is 1. The Morgan fingerprint density at radius 1 is 1.09 bits per heavy atom. The summed E-state index contributed by atoms with van der Waals surface area (Å²) in [5, 5.41) is 7.51. The minimum absolute atomic E-state index is 0.0174. The third kappa shape index (κ3) is 3.62. The first-order valence-corrected chi connectivity index (χ1v) is 7.31. The van der Waals surface area contributed by atoms with Crippen LogP contribution in [0.3, 0.4) is 0 Å². The highest BCUT2D eigenvalue weighted by Gasteiger charge is 2.30. The van der Waals surface area contributed by atoms with Crippen molar-refractivity contribution >= 4 is 17.6 Å². The van der Waals surface area contributed by atoms with E-state index < -0.39 is 11.7 Å². The maximum absolute atomic E-state index is 12.7. The Balaban J connectivity index is 2.36. The van der Waals surface area contributed by atoms with Gasteiger partial charge in [-0.1, -0.05) is 17.8 Å². The molecule has 0 heterocycles. The molecule has 0 aromatic heterocycles. The van der Waals surface area contributed by atoms with Crippen molar-refractivity contribution in [2.24, 2.45) is 5.73 Å². The number of nitrogens with two attached hydrogens (primary N) is 1. The summed E-state index contributed by atoms with van der Waals surface area (Å²) in [4.78, 5) is 1.37. The van der Waals surface area contributed by atoms with Crippen LogP contribution in [0.5, 0.6) is 0 Å². The molecule has 0 fully saturated rings.